The molecule has 3 nitrogen and oxygen atoms in total. The lowest BCUT2D eigenvalue weighted by Gasteiger charge is -2.16. The Hall–Kier alpha value is -0.900. The maximum atomic E-state index is 11.4. The van der Waals surface area contributed by atoms with Crippen molar-refractivity contribution in [1.29, 1.82) is 0 Å². The molecule has 0 amide bonds. The molecule has 78 valence electrons. The van der Waals surface area contributed by atoms with Crippen LogP contribution in [0.25, 0.3) is 0 Å². The summed E-state index contributed by atoms with van der Waals surface area (Å²) in [5.74, 6) is 0.0549. The van der Waals surface area contributed by atoms with Gasteiger partial charge in [0.25, 0.3) is 0 Å². The van der Waals surface area contributed by atoms with E-state index in [2.05, 4.69) is 4.98 Å². The second-order valence-electron chi connectivity index (χ2n) is 3.56. The molecule has 0 saturated heterocycles. The maximum absolute atomic E-state index is 11.4. The molecule has 0 saturated carbocycles. The molecule has 0 N–H and O–H groups in total. The summed E-state index contributed by atoms with van der Waals surface area (Å²) in [6.07, 6.45) is 0.674. The van der Waals surface area contributed by atoms with Crippen LogP contribution in [0.15, 0.2) is 10.9 Å². The lowest BCUT2D eigenvalue weighted by atomic mass is 9.91. The zero-order valence-electron chi connectivity index (χ0n) is 8.69. The molecular weight excluding hydrogens is 198 g/mol. The van der Waals surface area contributed by atoms with Crippen molar-refractivity contribution in [3.8, 4) is 0 Å². The summed E-state index contributed by atoms with van der Waals surface area (Å²) in [7, 11) is 1.43. The van der Waals surface area contributed by atoms with Crippen LogP contribution in [0, 0.1) is 11.8 Å². The second kappa shape index (κ2) is 5.10. The van der Waals surface area contributed by atoms with Gasteiger partial charge in [-0.15, -0.1) is 11.3 Å². The van der Waals surface area contributed by atoms with Gasteiger partial charge < -0.3 is 4.74 Å². The Balaban J connectivity index is 2.65. The van der Waals surface area contributed by atoms with Crippen LogP contribution in [0.3, 0.4) is 0 Å². The first-order valence-corrected chi connectivity index (χ1v) is 5.54. The summed E-state index contributed by atoms with van der Waals surface area (Å²) < 4.78 is 4.76. The maximum Gasteiger partial charge on any atom is 0.309 e. The van der Waals surface area contributed by atoms with Crippen LogP contribution < -0.4 is 0 Å². The standard InChI is InChI=1S/C10H15NO2S/c1-7(2)9(10(12)13-3)4-8-5-14-6-11-8/h5-7,9H,4H2,1-3H3/t9-/m1/s1. The average molecular weight is 213 g/mol. The van der Waals surface area contributed by atoms with E-state index < -0.39 is 0 Å². The number of hydrogen-bond donors (Lipinski definition) is 0. The van der Waals surface area contributed by atoms with E-state index in [9.17, 15) is 4.79 Å². The lowest BCUT2D eigenvalue weighted by molar-refractivity contribution is -0.146. The predicted octanol–water partition coefficient (Wildman–Crippen LogP) is 2.13. The van der Waals surface area contributed by atoms with Crippen molar-refractivity contribution in [1.82, 2.24) is 4.98 Å². The average Bonchev–Trinajstić information content (AvgIpc) is 2.65. The number of esters is 1. The molecule has 0 unspecified atom stereocenters. The highest BCUT2D eigenvalue weighted by atomic mass is 32.1. The fourth-order valence-corrected chi connectivity index (χ4v) is 1.88. The summed E-state index contributed by atoms with van der Waals surface area (Å²) in [5, 5.41) is 1.97. The highest BCUT2D eigenvalue weighted by molar-refractivity contribution is 7.07. The van der Waals surface area contributed by atoms with E-state index in [0.29, 0.717) is 6.42 Å². The zero-order valence-corrected chi connectivity index (χ0v) is 9.50. The Morgan fingerprint density at radius 3 is 2.79 bits per heavy atom. The zero-order chi connectivity index (χ0) is 10.6. The highest BCUT2D eigenvalue weighted by Crippen LogP contribution is 2.18. The van der Waals surface area contributed by atoms with E-state index in [0.717, 1.165) is 5.69 Å². The number of carbonyl (C=O) groups excluding carboxylic acids is 1. The molecular formula is C10H15NO2S. The molecule has 0 aliphatic carbocycles. The van der Waals surface area contributed by atoms with Gasteiger partial charge in [0.15, 0.2) is 0 Å². The molecule has 0 aliphatic rings. The smallest absolute Gasteiger partial charge is 0.309 e. The van der Waals surface area contributed by atoms with Gasteiger partial charge in [0.1, 0.15) is 0 Å². The van der Waals surface area contributed by atoms with Gasteiger partial charge in [-0.2, -0.15) is 0 Å². The Morgan fingerprint density at radius 1 is 1.64 bits per heavy atom. The van der Waals surface area contributed by atoms with Crippen molar-refractivity contribution in [2.75, 3.05) is 7.11 Å². The largest absolute Gasteiger partial charge is 0.469 e. The minimum atomic E-state index is -0.145. The van der Waals surface area contributed by atoms with Gasteiger partial charge in [0.05, 0.1) is 24.2 Å². The van der Waals surface area contributed by atoms with Gasteiger partial charge in [-0.05, 0) is 5.92 Å². The molecule has 0 aromatic carbocycles. The SMILES string of the molecule is COC(=O)[C@H](Cc1cscn1)C(C)C. The molecule has 0 fully saturated rings. The molecule has 1 atom stereocenters. The number of carbonyl (C=O) groups is 1. The summed E-state index contributed by atoms with van der Waals surface area (Å²) in [6, 6.07) is 0. The van der Waals surface area contributed by atoms with Gasteiger partial charge >= 0.3 is 5.97 Å². The van der Waals surface area contributed by atoms with E-state index in [4.69, 9.17) is 4.74 Å². The third-order valence-electron chi connectivity index (χ3n) is 2.22. The molecule has 0 aliphatic heterocycles. The van der Waals surface area contributed by atoms with E-state index in [1.807, 2.05) is 19.2 Å². The van der Waals surface area contributed by atoms with Crippen LogP contribution in [0.5, 0.6) is 0 Å². The normalized spacial score (nSPS) is 12.9. The second-order valence-corrected chi connectivity index (χ2v) is 4.28. The van der Waals surface area contributed by atoms with Crippen molar-refractivity contribution in [3.63, 3.8) is 0 Å². The quantitative estimate of drug-likeness (QED) is 0.719. The first-order valence-electron chi connectivity index (χ1n) is 4.60. The minimum Gasteiger partial charge on any atom is -0.469 e. The molecule has 1 aromatic rings. The van der Waals surface area contributed by atoms with E-state index in [-0.39, 0.29) is 17.8 Å². The number of nitrogens with zero attached hydrogens (tertiary/aromatic N) is 1. The number of methoxy groups -OCH3 is 1. The molecule has 4 heteroatoms. The lowest BCUT2D eigenvalue weighted by Crippen LogP contribution is -2.24. The molecule has 0 bridgehead atoms. The molecule has 1 heterocycles. The van der Waals surface area contributed by atoms with Crippen LogP contribution in [0.4, 0.5) is 0 Å². The number of ether oxygens (including phenoxy) is 1. The number of hydrogen-bond acceptors (Lipinski definition) is 4. The Kier molecular flexibility index (Phi) is 4.07. The van der Waals surface area contributed by atoms with Crippen LogP contribution >= 0.6 is 11.3 Å². The van der Waals surface area contributed by atoms with Crippen molar-refractivity contribution in [2.45, 2.75) is 20.3 Å². The van der Waals surface area contributed by atoms with Crippen LogP contribution in [0.2, 0.25) is 0 Å². The monoisotopic (exact) mass is 213 g/mol. The number of rotatable bonds is 4. The highest BCUT2D eigenvalue weighted by Gasteiger charge is 2.23. The third-order valence-corrected chi connectivity index (χ3v) is 2.86. The predicted molar refractivity (Wildman–Crippen MR) is 56.2 cm³/mol. The van der Waals surface area contributed by atoms with Gasteiger partial charge in [-0.1, -0.05) is 13.8 Å². The number of thiazole rings is 1. The fraction of sp³-hybridized carbons (Fsp3) is 0.600. The number of aromatic nitrogens is 1. The van der Waals surface area contributed by atoms with E-state index in [1.165, 1.54) is 7.11 Å². The van der Waals surface area contributed by atoms with Crippen LogP contribution in [0.1, 0.15) is 19.5 Å². The first kappa shape index (κ1) is 11.2. The van der Waals surface area contributed by atoms with Crippen molar-refractivity contribution >= 4 is 17.3 Å². The van der Waals surface area contributed by atoms with E-state index >= 15 is 0 Å². The Labute approximate surface area is 88.1 Å². The summed E-state index contributed by atoms with van der Waals surface area (Å²) in [6.45, 7) is 4.04. The topological polar surface area (TPSA) is 39.2 Å². The van der Waals surface area contributed by atoms with Gasteiger partial charge in [0, 0.05) is 11.8 Å². The summed E-state index contributed by atoms with van der Waals surface area (Å²) >= 11 is 1.55. The summed E-state index contributed by atoms with van der Waals surface area (Å²) in [5.41, 5.74) is 2.75. The Morgan fingerprint density at radius 2 is 2.36 bits per heavy atom. The van der Waals surface area contributed by atoms with Crippen LogP contribution in [-0.4, -0.2) is 18.1 Å². The van der Waals surface area contributed by atoms with Gasteiger partial charge in [0.2, 0.25) is 0 Å². The molecule has 0 radical (unpaired) electrons. The third kappa shape index (κ3) is 2.80. The van der Waals surface area contributed by atoms with Gasteiger partial charge in [-0.3, -0.25) is 4.79 Å². The first-order chi connectivity index (χ1) is 6.65. The summed E-state index contributed by atoms with van der Waals surface area (Å²) in [4.78, 5) is 15.6. The van der Waals surface area contributed by atoms with Crippen molar-refractivity contribution < 1.29 is 9.53 Å². The molecule has 14 heavy (non-hydrogen) atoms. The van der Waals surface area contributed by atoms with Crippen LogP contribution in [-0.2, 0) is 16.0 Å². The molecule has 0 spiro atoms. The van der Waals surface area contributed by atoms with Crippen molar-refractivity contribution in [2.24, 2.45) is 11.8 Å². The molecule has 1 aromatic heterocycles. The molecule has 1 rings (SSSR count). The van der Waals surface area contributed by atoms with E-state index in [1.54, 1.807) is 16.8 Å². The fourth-order valence-electron chi connectivity index (χ4n) is 1.31. The van der Waals surface area contributed by atoms with Crippen molar-refractivity contribution in [3.05, 3.63) is 16.6 Å². The van der Waals surface area contributed by atoms with Gasteiger partial charge in [-0.25, -0.2) is 4.98 Å². The Bertz CT molecular complexity index is 282. The minimum absolute atomic E-state index is 0.0814.